The maximum atomic E-state index is 5.61. The van der Waals surface area contributed by atoms with Gasteiger partial charge in [0, 0.05) is 32.2 Å². The van der Waals surface area contributed by atoms with Crippen molar-refractivity contribution in [2.75, 3.05) is 40.3 Å². The van der Waals surface area contributed by atoms with E-state index in [-0.39, 0.29) is 0 Å². The lowest BCUT2D eigenvalue weighted by molar-refractivity contribution is 0.207. The Hall–Kier alpha value is -0.640. The molecule has 0 radical (unpaired) electrons. The molecule has 50 heavy (non-hydrogen) atoms. The van der Waals surface area contributed by atoms with Gasteiger partial charge in [0.15, 0.2) is 0 Å². The predicted octanol–water partition coefficient (Wildman–Crippen LogP) is 16.3. The fourth-order valence-corrected chi connectivity index (χ4v) is 3.53. The fourth-order valence-electron chi connectivity index (χ4n) is 3.53. The molecule has 0 rings (SSSR count). The number of hydrogen-bond acceptors (Lipinski definition) is 3. The van der Waals surface area contributed by atoms with Gasteiger partial charge in [-0.25, -0.2) is 0 Å². The maximum absolute atomic E-state index is 5.61. The second-order valence-electron chi connectivity index (χ2n) is 13.7. The number of hydrogen-bond donors (Lipinski definition) is 1. The Kier molecular flexibility index (Phi) is 111. The van der Waals surface area contributed by atoms with Gasteiger partial charge in [0.25, 0.3) is 0 Å². The van der Waals surface area contributed by atoms with Gasteiger partial charge in [-0.3, -0.25) is 0 Å². The summed E-state index contributed by atoms with van der Waals surface area (Å²) >= 11 is 0. The standard InChI is InChI=1S/C26H53N3.7C3H8/c1-5-6-7-8-9-10-11-12-13-14-15-16-17-18-19-20-21-26(2)29(4)25-24-28(3)23-22-27;7*1-3-2/h9-10,12-13,26H,5-8,11,14-25,27H2,1-4H3;7*3H2,1-2H3/b10-9-,13-12-;;;;;;;. The lowest BCUT2D eigenvalue weighted by Gasteiger charge is -2.27. The predicted molar refractivity (Wildman–Crippen MR) is 244 cm³/mol. The molecule has 0 heterocycles. The molecule has 0 fully saturated rings. The molecule has 0 bridgehead atoms. The average Bonchev–Trinajstić information content (AvgIpc) is 3.06. The van der Waals surface area contributed by atoms with Crippen LogP contribution in [0.15, 0.2) is 24.3 Å². The summed E-state index contributed by atoms with van der Waals surface area (Å²) in [7, 11) is 4.42. The highest BCUT2D eigenvalue weighted by Crippen LogP contribution is 2.12. The lowest BCUT2D eigenvalue weighted by atomic mass is 10.0. The van der Waals surface area contributed by atoms with Crippen LogP contribution in [0.2, 0.25) is 0 Å². The third-order valence-corrected chi connectivity index (χ3v) is 5.92. The van der Waals surface area contributed by atoms with E-state index in [1.807, 2.05) is 0 Å². The van der Waals surface area contributed by atoms with E-state index in [0.29, 0.717) is 6.04 Å². The minimum absolute atomic E-state index is 0.687. The summed E-state index contributed by atoms with van der Waals surface area (Å²) in [6, 6.07) is 0.687. The molecule has 2 N–H and O–H groups in total. The van der Waals surface area contributed by atoms with Crippen molar-refractivity contribution in [2.45, 2.75) is 245 Å². The van der Waals surface area contributed by atoms with Gasteiger partial charge in [-0.1, -0.05) is 218 Å². The van der Waals surface area contributed by atoms with Crippen LogP contribution in [-0.2, 0) is 0 Å². The van der Waals surface area contributed by atoms with Gasteiger partial charge >= 0.3 is 0 Å². The molecule has 3 heteroatoms. The first-order valence-electron chi connectivity index (χ1n) is 22.4. The molecule has 1 unspecified atom stereocenters. The quantitative estimate of drug-likeness (QED) is 0.0948. The van der Waals surface area contributed by atoms with Gasteiger partial charge in [-0.15, -0.1) is 0 Å². The minimum atomic E-state index is 0.687. The molecule has 0 saturated heterocycles. The molecular weight excluding hydrogens is 607 g/mol. The first-order valence-corrected chi connectivity index (χ1v) is 22.4. The van der Waals surface area contributed by atoms with Gasteiger partial charge in [0.1, 0.15) is 0 Å². The number of unbranched alkanes of at least 4 members (excludes halogenated alkanes) is 9. The molecule has 0 aromatic rings. The highest BCUT2D eigenvalue weighted by atomic mass is 15.2. The van der Waals surface area contributed by atoms with Crippen LogP contribution in [0.3, 0.4) is 0 Å². The van der Waals surface area contributed by atoms with E-state index < -0.39 is 0 Å². The van der Waals surface area contributed by atoms with E-state index in [1.165, 1.54) is 122 Å². The number of rotatable bonds is 21. The Morgan fingerprint density at radius 3 is 1.14 bits per heavy atom. The van der Waals surface area contributed by atoms with Crippen LogP contribution in [0.25, 0.3) is 0 Å². The van der Waals surface area contributed by atoms with Crippen molar-refractivity contribution in [1.82, 2.24) is 9.80 Å². The van der Waals surface area contributed by atoms with Crippen LogP contribution in [0.1, 0.15) is 239 Å². The van der Waals surface area contributed by atoms with Crippen LogP contribution in [0, 0.1) is 0 Å². The Labute approximate surface area is 324 Å². The number of nitrogens with zero attached hydrogens (tertiary/aromatic N) is 2. The van der Waals surface area contributed by atoms with Crippen molar-refractivity contribution in [2.24, 2.45) is 5.73 Å². The average molecular weight is 716 g/mol. The van der Waals surface area contributed by atoms with Crippen molar-refractivity contribution in [3.63, 3.8) is 0 Å². The van der Waals surface area contributed by atoms with E-state index in [9.17, 15) is 0 Å². The molecule has 0 spiro atoms. The Bertz CT molecular complexity index is 455. The highest BCUT2D eigenvalue weighted by Gasteiger charge is 2.09. The summed E-state index contributed by atoms with van der Waals surface area (Å²) in [4.78, 5) is 4.82. The van der Waals surface area contributed by atoms with Gasteiger partial charge < -0.3 is 15.5 Å². The molecule has 0 amide bonds. The Balaban J connectivity index is -0.000000114. The monoisotopic (exact) mass is 716 g/mol. The molecule has 0 aromatic heterocycles. The first kappa shape index (κ1) is 67.5. The zero-order valence-electron chi connectivity index (χ0n) is 39.3. The molecule has 0 aromatic carbocycles. The smallest absolute Gasteiger partial charge is 0.0109 e. The molecule has 0 saturated carbocycles. The third kappa shape index (κ3) is 118. The van der Waals surface area contributed by atoms with E-state index in [1.54, 1.807) is 0 Å². The maximum Gasteiger partial charge on any atom is 0.0109 e. The molecule has 1 atom stereocenters. The molecule has 0 aliphatic heterocycles. The Morgan fingerprint density at radius 1 is 0.440 bits per heavy atom. The summed E-state index contributed by atoms with van der Waals surface area (Å²) in [5.41, 5.74) is 5.61. The van der Waals surface area contributed by atoms with Crippen molar-refractivity contribution in [1.29, 1.82) is 0 Å². The highest BCUT2D eigenvalue weighted by molar-refractivity contribution is 4.92. The normalized spacial score (nSPS) is 10.3. The van der Waals surface area contributed by atoms with Gasteiger partial charge in [-0.2, -0.15) is 0 Å². The third-order valence-electron chi connectivity index (χ3n) is 5.92. The van der Waals surface area contributed by atoms with Gasteiger partial charge in [0.05, 0.1) is 0 Å². The van der Waals surface area contributed by atoms with Crippen LogP contribution >= 0.6 is 0 Å². The van der Waals surface area contributed by atoms with Crippen LogP contribution in [0.5, 0.6) is 0 Å². The van der Waals surface area contributed by atoms with Crippen LogP contribution in [0.4, 0.5) is 0 Å². The topological polar surface area (TPSA) is 32.5 Å². The van der Waals surface area contributed by atoms with E-state index >= 15 is 0 Å². The summed E-state index contributed by atoms with van der Waals surface area (Å²) < 4.78 is 0. The summed E-state index contributed by atoms with van der Waals surface area (Å²) in [6.07, 6.45) is 35.4. The van der Waals surface area contributed by atoms with Gasteiger partial charge in [0.2, 0.25) is 0 Å². The molecule has 312 valence electrons. The summed E-state index contributed by atoms with van der Waals surface area (Å²) in [5.74, 6) is 0. The second kappa shape index (κ2) is 82.0. The van der Waals surface area contributed by atoms with Crippen molar-refractivity contribution in [3.05, 3.63) is 24.3 Å². The molecule has 3 nitrogen and oxygen atoms in total. The van der Waals surface area contributed by atoms with Crippen molar-refractivity contribution >= 4 is 0 Å². The molecule has 0 aliphatic carbocycles. The largest absolute Gasteiger partial charge is 0.329 e. The van der Waals surface area contributed by atoms with E-state index in [2.05, 4.69) is 159 Å². The SMILES string of the molecule is CCC.CCC.CCC.CCC.CCC.CCC.CCC.CCCCC/C=C\C/C=C\CCCCCCCCC(C)N(C)CCN(C)CCN. The van der Waals surface area contributed by atoms with E-state index in [0.717, 1.165) is 32.6 Å². The second-order valence-corrected chi connectivity index (χ2v) is 13.7. The van der Waals surface area contributed by atoms with Crippen molar-refractivity contribution in [3.8, 4) is 0 Å². The zero-order chi connectivity index (χ0) is 40.5. The molecular formula is C47H109N3. The number of allylic oxidation sites excluding steroid dienone is 4. The summed E-state index contributed by atoms with van der Waals surface area (Å²) in [5, 5.41) is 0. The van der Waals surface area contributed by atoms with Crippen molar-refractivity contribution < 1.29 is 0 Å². The number of nitrogens with two attached hydrogens (primary N) is 1. The molecule has 0 aliphatic rings. The fraction of sp³-hybridized carbons (Fsp3) is 0.915. The van der Waals surface area contributed by atoms with Crippen LogP contribution in [-0.4, -0.2) is 56.1 Å². The number of likely N-dealkylation sites (N-methyl/N-ethyl adjacent to an activating group) is 2. The first-order chi connectivity index (χ1) is 24.0. The Morgan fingerprint density at radius 2 is 0.780 bits per heavy atom. The van der Waals surface area contributed by atoms with Gasteiger partial charge in [-0.05, 0) is 59.5 Å². The van der Waals surface area contributed by atoms with Crippen LogP contribution < -0.4 is 5.73 Å². The minimum Gasteiger partial charge on any atom is -0.329 e. The summed E-state index contributed by atoms with van der Waals surface area (Å²) in [6.45, 7) is 38.4. The lowest BCUT2D eigenvalue weighted by Crippen LogP contribution is -2.37. The zero-order valence-corrected chi connectivity index (χ0v) is 39.3. The van der Waals surface area contributed by atoms with E-state index in [4.69, 9.17) is 5.73 Å².